The van der Waals surface area contributed by atoms with Gasteiger partial charge < -0.3 is 10.5 Å². The Bertz CT molecular complexity index is 598. The van der Waals surface area contributed by atoms with Crippen molar-refractivity contribution in [3.8, 4) is 0 Å². The van der Waals surface area contributed by atoms with Gasteiger partial charge in [0.05, 0.1) is 5.54 Å². The van der Waals surface area contributed by atoms with Crippen molar-refractivity contribution < 1.29 is 14.1 Å². The number of amides is 1. The van der Waals surface area contributed by atoms with Crippen LogP contribution in [-0.2, 0) is 10.3 Å². The van der Waals surface area contributed by atoms with Gasteiger partial charge in [0, 0.05) is 17.7 Å². The zero-order chi connectivity index (χ0) is 17.4. The number of hydrogen-bond donors (Lipinski definition) is 1. The first kappa shape index (κ1) is 17.5. The van der Waals surface area contributed by atoms with Gasteiger partial charge in [0.2, 0.25) is 0 Å². The summed E-state index contributed by atoms with van der Waals surface area (Å²) in [6.07, 6.45) is 2.21. The molecule has 0 aromatic carbocycles. The summed E-state index contributed by atoms with van der Waals surface area (Å²) in [6, 6.07) is 1.98. The number of ether oxygens (including phenoxy) is 1. The second kappa shape index (κ2) is 6.34. The van der Waals surface area contributed by atoms with E-state index in [0.717, 1.165) is 25.0 Å². The van der Waals surface area contributed by atoms with E-state index in [0.29, 0.717) is 11.7 Å². The van der Waals surface area contributed by atoms with Crippen LogP contribution in [0.2, 0.25) is 0 Å². The van der Waals surface area contributed by atoms with Crippen LogP contribution in [0, 0.1) is 0 Å². The summed E-state index contributed by atoms with van der Waals surface area (Å²) in [5, 5.41) is 4.43. The topological polar surface area (TPSA) is 73.2 Å². The molecule has 1 aliphatic carbocycles. The van der Waals surface area contributed by atoms with E-state index < -0.39 is 0 Å². The van der Waals surface area contributed by atoms with E-state index in [-0.39, 0.29) is 23.8 Å². The lowest BCUT2D eigenvalue weighted by atomic mass is 10.0. The van der Waals surface area contributed by atoms with Crippen molar-refractivity contribution >= 4 is 18.6 Å². The molecule has 0 spiro atoms. The fraction of sp³-hybridized carbons (Fsp3) is 0.706. The lowest BCUT2D eigenvalue weighted by Gasteiger charge is -2.24. The quantitative estimate of drug-likeness (QED) is 0.686. The van der Waals surface area contributed by atoms with Gasteiger partial charge in [0.1, 0.15) is 18.6 Å². The molecule has 1 aromatic heterocycles. The maximum Gasteiger partial charge on any atom is 0.596 e. The van der Waals surface area contributed by atoms with Crippen molar-refractivity contribution in [3.63, 3.8) is 0 Å². The van der Waals surface area contributed by atoms with Crippen molar-refractivity contribution in [1.82, 2.24) is 9.78 Å². The molecule has 6 heteroatoms. The highest BCUT2D eigenvalue weighted by molar-refractivity contribution is 5.60. The molecule has 0 radical (unpaired) electrons. The van der Waals surface area contributed by atoms with Crippen LogP contribution in [-0.4, -0.2) is 39.3 Å². The summed E-state index contributed by atoms with van der Waals surface area (Å²) in [5.74, 6) is 0.855. The summed E-state index contributed by atoms with van der Waals surface area (Å²) < 4.78 is 8.96. The van der Waals surface area contributed by atoms with Crippen LogP contribution in [0.25, 0.3) is 0 Å². The van der Waals surface area contributed by atoms with Gasteiger partial charge in [-0.25, -0.2) is 0 Å². The van der Waals surface area contributed by atoms with Crippen LogP contribution in [0.1, 0.15) is 65.5 Å². The van der Waals surface area contributed by atoms with E-state index in [2.05, 4.69) is 32.6 Å². The summed E-state index contributed by atoms with van der Waals surface area (Å²) in [4.78, 5) is 12.0. The standard InChI is InChI=1S/C17H29N4O2/c1-11(2)20(6)16(22)23-13-8-7-12(9-13)14-10-15(18)19-21(14)17(3,4)5/h10-13H,6-9H2,1-5H3,(H2,18,19)/q+1/t12-,13+/m0/s1. The van der Waals surface area contributed by atoms with E-state index in [1.807, 2.05) is 24.6 Å². The third-order valence-electron chi connectivity index (χ3n) is 4.32. The third-order valence-corrected chi connectivity index (χ3v) is 4.32. The first-order chi connectivity index (χ1) is 10.6. The largest absolute Gasteiger partial charge is 0.596 e. The van der Waals surface area contributed by atoms with E-state index >= 15 is 0 Å². The van der Waals surface area contributed by atoms with Crippen LogP contribution in [0.4, 0.5) is 10.6 Å². The molecule has 1 heterocycles. The molecule has 2 rings (SSSR count). The molecule has 1 amide bonds. The molecule has 0 aliphatic heterocycles. The predicted octanol–water partition coefficient (Wildman–Crippen LogP) is 3.11. The number of hydrogen-bond acceptors (Lipinski definition) is 4. The maximum atomic E-state index is 12.0. The Kier molecular flexibility index (Phi) is 4.82. The van der Waals surface area contributed by atoms with Gasteiger partial charge in [-0.1, -0.05) is 0 Å². The number of nitrogens with two attached hydrogens (primary N) is 1. The molecule has 2 N–H and O–H groups in total. The Labute approximate surface area is 138 Å². The molecule has 2 atom stereocenters. The van der Waals surface area contributed by atoms with E-state index in [1.54, 1.807) is 0 Å². The third kappa shape index (κ3) is 3.92. The number of nitrogens with zero attached hydrogens (tertiary/aromatic N) is 3. The average Bonchev–Trinajstić information content (AvgIpc) is 3.03. The number of anilines is 1. The molecule has 1 aromatic rings. The number of aromatic nitrogens is 2. The van der Waals surface area contributed by atoms with Gasteiger partial charge in [0.15, 0.2) is 6.04 Å². The second-order valence-electron chi connectivity index (χ2n) is 7.66. The summed E-state index contributed by atoms with van der Waals surface area (Å²) in [5.41, 5.74) is 6.91. The first-order valence-electron chi connectivity index (χ1n) is 8.26. The lowest BCUT2D eigenvalue weighted by Crippen LogP contribution is -2.30. The van der Waals surface area contributed by atoms with Crippen molar-refractivity contribution in [3.05, 3.63) is 11.8 Å². The molecule has 0 saturated heterocycles. The molecule has 1 fully saturated rings. The monoisotopic (exact) mass is 321 g/mol. The van der Waals surface area contributed by atoms with Crippen LogP contribution in [0.5, 0.6) is 0 Å². The van der Waals surface area contributed by atoms with Crippen molar-refractivity contribution in [2.24, 2.45) is 0 Å². The number of carbonyl (C=O) groups is 1. The minimum Gasteiger partial charge on any atom is -0.409 e. The minimum atomic E-state index is -0.352. The van der Waals surface area contributed by atoms with Crippen molar-refractivity contribution in [2.45, 2.75) is 77.5 Å². The highest BCUT2D eigenvalue weighted by Gasteiger charge is 2.35. The van der Waals surface area contributed by atoms with Crippen molar-refractivity contribution in [1.29, 1.82) is 0 Å². The summed E-state index contributed by atoms with van der Waals surface area (Å²) in [7, 11) is 0. The SMILES string of the molecule is C=[N+](C(=O)O[C@@H]1CC[C@H](c2cc(N)nn2C(C)(C)C)C1)C(C)C. The molecule has 1 aliphatic rings. The smallest absolute Gasteiger partial charge is 0.409 e. The Morgan fingerprint density at radius 2 is 2.13 bits per heavy atom. The molecule has 0 bridgehead atoms. The molecular weight excluding hydrogens is 292 g/mol. The van der Waals surface area contributed by atoms with E-state index in [4.69, 9.17) is 10.5 Å². The average molecular weight is 321 g/mol. The van der Waals surface area contributed by atoms with Crippen LogP contribution in [0.15, 0.2) is 6.07 Å². The zero-order valence-electron chi connectivity index (χ0n) is 14.9. The lowest BCUT2D eigenvalue weighted by molar-refractivity contribution is -0.473. The van der Waals surface area contributed by atoms with Gasteiger partial charge in [-0.15, -0.1) is 4.58 Å². The number of rotatable bonds is 3. The number of carbonyl (C=O) groups excluding carboxylic acids is 1. The predicted molar refractivity (Wildman–Crippen MR) is 91.0 cm³/mol. The molecule has 0 unspecified atom stereocenters. The fourth-order valence-electron chi connectivity index (χ4n) is 2.98. The molecule has 128 valence electrons. The highest BCUT2D eigenvalue weighted by atomic mass is 16.6. The van der Waals surface area contributed by atoms with Gasteiger partial charge in [-0.05, 0) is 53.9 Å². The zero-order valence-corrected chi connectivity index (χ0v) is 14.9. The molecular formula is C17H29N4O2+. The fourth-order valence-corrected chi connectivity index (χ4v) is 2.98. The van der Waals surface area contributed by atoms with Gasteiger partial charge in [-0.2, -0.15) is 9.89 Å². The van der Waals surface area contributed by atoms with Crippen LogP contribution < -0.4 is 5.73 Å². The summed E-state index contributed by atoms with van der Waals surface area (Å²) in [6.45, 7) is 13.9. The van der Waals surface area contributed by atoms with E-state index in [9.17, 15) is 4.79 Å². The number of nitrogen functional groups attached to an aromatic ring is 1. The Hall–Kier alpha value is -1.85. The maximum absolute atomic E-state index is 12.0. The van der Waals surface area contributed by atoms with E-state index in [1.165, 1.54) is 4.58 Å². The van der Waals surface area contributed by atoms with Gasteiger partial charge in [0.25, 0.3) is 0 Å². The Morgan fingerprint density at radius 3 is 2.70 bits per heavy atom. The first-order valence-corrected chi connectivity index (χ1v) is 8.26. The van der Waals surface area contributed by atoms with Crippen molar-refractivity contribution in [2.75, 3.05) is 5.73 Å². The van der Waals surface area contributed by atoms with Crippen LogP contribution in [0.3, 0.4) is 0 Å². The summed E-state index contributed by atoms with van der Waals surface area (Å²) >= 11 is 0. The van der Waals surface area contributed by atoms with Gasteiger partial charge >= 0.3 is 6.09 Å². The molecule has 23 heavy (non-hydrogen) atoms. The molecule has 6 nitrogen and oxygen atoms in total. The Balaban J connectivity index is 2.06. The molecule has 1 saturated carbocycles. The normalized spacial score (nSPS) is 21.7. The minimum absolute atomic E-state index is 0.0295. The Morgan fingerprint density at radius 1 is 1.48 bits per heavy atom. The highest BCUT2D eigenvalue weighted by Crippen LogP contribution is 2.38. The van der Waals surface area contributed by atoms with Crippen LogP contribution >= 0.6 is 0 Å². The second-order valence-corrected chi connectivity index (χ2v) is 7.66. The van der Waals surface area contributed by atoms with Gasteiger partial charge in [-0.3, -0.25) is 4.68 Å².